The molecule has 0 amide bonds. The SMILES string of the molecule is Cc1cc(C)c(C2=N[C@@H]3Cc4c(cccc4C(C)(C)C)[C@@H]3O2)[c-]c1Oc1[c-]c2c(cc1)C(C)(C)c1ccccc1N2c1cc(C(C)(C)C)ccn1.[Pt+2]. The van der Waals surface area contributed by atoms with E-state index >= 15 is 0 Å². The largest absolute Gasteiger partial charge is 2.00 e. The number of ether oxygens (including phenoxy) is 2. The molecule has 0 bridgehead atoms. The van der Waals surface area contributed by atoms with Gasteiger partial charge in [-0.3, -0.25) is 4.99 Å². The maximum absolute atomic E-state index is 6.68. The minimum Gasteiger partial charge on any atom is -0.510 e. The van der Waals surface area contributed by atoms with E-state index in [1.807, 2.05) is 12.3 Å². The molecule has 3 aliphatic rings. The molecule has 6 heteroatoms. The molecule has 0 saturated heterocycles. The van der Waals surface area contributed by atoms with Crippen LogP contribution >= 0.6 is 0 Å². The van der Waals surface area contributed by atoms with Crippen LogP contribution in [0.4, 0.5) is 17.2 Å². The van der Waals surface area contributed by atoms with Crippen molar-refractivity contribution < 1.29 is 30.5 Å². The summed E-state index contributed by atoms with van der Waals surface area (Å²) in [5, 5.41) is 0. The van der Waals surface area contributed by atoms with Gasteiger partial charge in [0, 0.05) is 23.4 Å². The van der Waals surface area contributed by atoms with Gasteiger partial charge in [-0.15, -0.1) is 29.3 Å². The van der Waals surface area contributed by atoms with Crippen LogP contribution in [0.5, 0.6) is 11.5 Å². The van der Waals surface area contributed by atoms with Crippen LogP contribution in [0.15, 0.2) is 84.0 Å². The molecular weight excluding hydrogens is 822 g/mol. The predicted molar refractivity (Wildman–Crippen MR) is 206 cm³/mol. The van der Waals surface area contributed by atoms with Crippen LogP contribution in [0.3, 0.4) is 0 Å². The van der Waals surface area contributed by atoms with E-state index in [0.29, 0.717) is 17.4 Å². The first kappa shape index (κ1) is 36.2. The zero-order valence-corrected chi connectivity index (χ0v) is 34.1. The van der Waals surface area contributed by atoms with Crippen molar-refractivity contribution in [1.82, 2.24) is 4.98 Å². The van der Waals surface area contributed by atoms with Crippen molar-refractivity contribution in [2.75, 3.05) is 4.90 Å². The number of para-hydroxylation sites is 1. The molecule has 4 aromatic carbocycles. The Morgan fingerprint density at radius 1 is 0.846 bits per heavy atom. The Kier molecular flexibility index (Phi) is 8.85. The molecule has 52 heavy (non-hydrogen) atoms. The van der Waals surface area contributed by atoms with E-state index in [9.17, 15) is 0 Å². The molecule has 0 saturated carbocycles. The first-order valence-electron chi connectivity index (χ1n) is 18.1. The van der Waals surface area contributed by atoms with Crippen LogP contribution in [0, 0.1) is 26.0 Å². The van der Waals surface area contributed by atoms with E-state index in [-0.39, 0.29) is 49.5 Å². The van der Waals surface area contributed by atoms with Crippen LogP contribution < -0.4 is 9.64 Å². The first-order chi connectivity index (χ1) is 24.1. The molecule has 2 aliphatic heterocycles. The molecule has 3 heterocycles. The fourth-order valence-electron chi connectivity index (χ4n) is 8.13. The first-order valence-corrected chi connectivity index (χ1v) is 18.1. The normalized spacial score (nSPS) is 18.3. The van der Waals surface area contributed by atoms with Crippen LogP contribution in [-0.2, 0) is 48.5 Å². The summed E-state index contributed by atoms with van der Waals surface area (Å²) in [4.78, 5) is 12.3. The van der Waals surface area contributed by atoms with Crippen LogP contribution in [0.1, 0.15) is 112 Å². The van der Waals surface area contributed by atoms with Crippen molar-refractivity contribution in [2.45, 2.75) is 104 Å². The summed E-state index contributed by atoms with van der Waals surface area (Å²) in [5.74, 6) is 2.76. The Balaban J connectivity index is 0.00000420. The monoisotopic (exact) mass is 868 g/mol. The number of aromatic nitrogens is 1. The fraction of sp³-hybridized carbons (Fsp3) is 0.348. The maximum atomic E-state index is 6.68. The van der Waals surface area contributed by atoms with Crippen LogP contribution in [-0.4, -0.2) is 16.9 Å². The van der Waals surface area contributed by atoms with Gasteiger partial charge >= 0.3 is 21.1 Å². The van der Waals surface area contributed by atoms with Gasteiger partial charge in [-0.05, 0) is 68.7 Å². The molecule has 5 aromatic rings. The van der Waals surface area contributed by atoms with Crippen molar-refractivity contribution in [1.29, 1.82) is 0 Å². The number of hydrogen-bond acceptors (Lipinski definition) is 5. The van der Waals surface area contributed by atoms with Gasteiger partial charge in [-0.1, -0.05) is 129 Å². The summed E-state index contributed by atoms with van der Waals surface area (Å²) < 4.78 is 13.3. The summed E-state index contributed by atoms with van der Waals surface area (Å²) in [6.07, 6.45) is 2.72. The Labute approximate surface area is 323 Å². The summed E-state index contributed by atoms with van der Waals surface area (Å²) >= 11 is 0. The number of nitrogens with zero attached hydrogens (tertiary/aromatic N) is 3. The second kappa shape index (κ2) is 12.7. The minimum absolute atomic E-state index is 0. The Morgan fingerprint density at radius 2 is 1.62 bits per heavy atom. The third-order valence-corrected chi connectivity index (χ3v) is 10.9. The third-order valence-electron chi connectivity index (χ3n) is 10.9. The summed E-state index contributed by atoms with van der Waals surface area (Å²) in [6, 6.07) is 33.2. The van der Waals surface area contributed by atoms with Crippen molar-refractivity contribution in [3.8, 4) is 11.5 Å². The molecule has 0 fully saturated rings. The molecule has 2 atom stereocenters. The number of pyridine rings is 1. The standard InChI is InChI=1S/C46H47N3O2.Pt/c1-27-22-28(2)40(26-32(27)43-48-37-25-33-31(42(37)51-43)14-13-16-34(33)45(6,7)8)50-30-18-19-36-39(24-30)49(38-17-12-11-15-35(38)46(36,9)10)41-23-29(20-21-47-41)44(3,4)5;/h11-23,37,42H,25H2,1-10H3;/q-2;+2/t37-,42+;/m1./s1. The van der Waals surface area contributed by atoms with E-state index in [1.54, 1.807) is 0 Å². The summed E-state index contributed by atoms with van der Waals surface area (Å²) in [6.45, 7) is 22.2. The number of rotatable bonds is 4. The van der Waals surface area contributed by atoms with Crippen molar-refractivity contribution in [3.05, 3.63) is 141 Å². The van der Waals surface area contributed by atoms with Gasteiger partial charge in [0.15, 0.2) is 0 Å². The van der Waals surface area contributed by atoms with Gasteiger partial charge < -0.3 is 14.4 Å². The quantitative estimate of drug-likeness (QED) is 0.169. The minimum atomic E-state index is -0.250. The second-order valence-electron chi connectivity index (χ2n) is 17.0. The van der Waals surface area contributed by atoms with Gasteiger partial charge in [0.05, 0.1) is 6.04 Å². The molecule has 0 spiro atoms. The van der Waals surface area contributed by atoms with E-state index in [2.05, 4.69) is 153 Å². The smallest absolute Gasteiger partial charge is 0.510 e. The topological polar surface area (TPSA) is 47.0 Å². The van der Waals surface area contributed by atoms with Crippen LogP contribution in [0.2, 0.25) is 0 Å². The molecule has 1 aliphatic carbocycles. The zero-order valence-electron chi connectivity index (χ0n) is 31.8. The van der Waals surface area contributed by atoms with E-state index in [4.69, 9.17) is 19.5 Å². The van der Waals surface area contributed by atoms with Gasteiger partial charge in [-0.2, -0.15) is 6.07 Å². The van der Waals surface area contributed by atoms with Crippen molar-refractivity contribution >= 4 is 23.1 Å². The number of aryl methyl sites for hydroxylation is 2. The Bertz CT molecular complexity index is 2240. The fourth-order valence-corrected chi connectivity index (χ4v) is 8.13. The average Bonchev–Trinajstić information content (AvgIpc) is 3.64. The molecular formula is C46H47N3O2Pt. The maximum Gasteiger partial charge on any atom is 2.00 e. The summed E-state index contributed by atoms with van der Waals surface area (Å²) in [5.41, 5.74) is 12.4. The molecule has 1 aromatic heterocycles. The Morgan fingerprint density at radius 3 is 2.37 bits per heavy atom. The number of aliphatic imine (C=N–C) groups is 1. The molecule has 0 radical (unpaired) electrons. The van der Waals surface area contributed by atoms with E-state index in [1.165, 1.54) is 27.8 Å². The number of fused-ring (bicyclic) bond motifs is 5. The van der Waals surface area contributed by atoms with E-state index in [0.717, 1.165) is 45.9 Å². The number of benzene rings is 4. The second-order valence-corrected chi connectivity index (χ2v) is 17.0. The van der Waals surface area contributed by atoms with Gasteiger partial charge in [-0.25, -0.2) is 4.98 Å². The van der Waals surface area contributed by atoms with E-state index < -0.39 is 0 Å². The average molecular weight is 869 g/mol. The van der Waals surface area contributed by atoms with Crippen molar-refractivity contribution in [2.24, 2.45) is 4.99 Å². The number of hydrogen-bond donors (Lipinski definition) is 0. The van der Waals surface area contributed by atoms with Crippen molar-refractivity contribution in [3.63, 3.8) is 0 Å². The van der Waals surface area contributed by atoms with Gasteiger partial charge in [0.1, 0.15) is 17.8 Å². The molecule has 0 unspecified atom stereocenters. The molecule has 5 nitrogen and oxygen atoms in total. The van der Waals surface area contributed by atoms with Crippen LogP contribution in [0.25, 0.3) is 0 Å². The molecule has 0 N–H and O–H groups in total. The number of anilines is 3. The molecule has 268 valence electrons. The van der Waals surface area contributed by atoms with Gasteiger partial charge in [0.2, 0.25) is 0 Å². The predicted octanol–water partition coefficient (Wildman–Crippen LogP) is 11.2. The molecule has 8 rings (SSSR count). The third kappa shape index (κ3) is 5.99. The Hall–Kier alpha value is -4.21. The van der Waals surface area contributed by atoms with Gasteiger partial charge in [0.25, 0.3) is 0 Å². The zero-order chi connectivity index (χ0) is 36.0. The summed E-state index contributed by atoms with van der Waals surface area (Å²) in [7, 11) is 0.